The van der Waals surface area contributed by atoms with Crippen molar-refractivity contribution in [3.8, 4) is 11.5 Å². The van der Waals surface area contributed by atoms with Gasteiger partial charge in [-0.3, -0.25) is 0 Å². The van der Waals surface area contributed by atoms with Crippen LogP contribution in [0.4, 0.5) is 6.01 Å². The van der Waals surface area contributed by atoms with Gasteiger partial charge in [-0.2, -0.15) is 4.98 Å². The first kappa shape index (κ1) is 11.3. The highest BCUT2D eigenvalue weighted by Crippen LogP contribution is 2.28. The van der Waals surface area contributed by atoms with Gasteiger partial charge in [0.15, 0.2) is 11.5 Å². The van der Waals surface area contributed by atoms with Crippen LogP contribution in [0.2, 0.25) is 0 Å². The Kier molecular flexibility index (Phi) is 3.18. The van der Waals surface area contributed by atoms with Crippen LogP contribution < -0.4 is 15.2 Å². The van der Waals surface area contributed by atoms with Crippen molar-refractivity contribution in [1.29, 1.82) is 0 Å². The normalized spacial score (nSPS) is 10.2. The van der Waals surface area contributed by atoms with Crippen molar-refractivity contribution in [3.05, 3.63) is 35.7 Å². The van der Waals surface area contributed by atoms with Gasteiger partial charge in [0.2, 0.25) is 0 Å². The van der Waals surface area contributed by atoms with Gasteiger partial charge in [0.1, 0.15) is 6.26 Å². The van der Waals surface area contributed by atoms with E-state index in [0.717, 1.165) is 11.3 Å². The second-order valence-electron chi connectivity index (χ2n) is 3.54. The van der Waals surface area contributed by atoms with Crippen molar-refractivity contribution in [1.82, 2.24) is 4.98 Å². The second kappa shape index (κ2) is 4.78. The average molecular weight is 234 g/mol. The maximum absolute atomic E-state index is 5.41. The fourth-order valence-corrected chi connectivity index (χ4v) is 1.60. The molecule has 0 atom stereocenters. The van der Waals surface area contributed by atoms with Crippen LogP contribution in [0.5, 0.6) is 11.5 Å². The zero-order valence-electron chi connectivity index (χ0n) is 9.77. The molecule has 0 amide bonds. The molecule has 0 aliphatic heterocycles. The van der Waals surface area contributed by atoms with E-state index in [1.807, 2.05) is 18.2 Å². The van der Waals surface area contributed by atoms with E-state index >= 15 is 0 Å². The molecule has 0 spiro atoms. The number of nitrogen functional groups attached to an aromatic ring is 1. The molecule has 0 aliphatic rings. The first-order valence-electron chi connectivity index (χ1n) is 5.13. The molecule has 17 heavy (non-hydrogen) atoms. The summed E-state index contributed by atoms with van der Waals surface area (Å²) in [5.74, 6) is 1.40. The minimum atomic E-state index is 0.181. The molecule has 0 fully saturated rings. The molecule has 2 rings (SSSR count). The SMILES string of the molecule is COc1ccc(Cc2coc(N)n2)cc1OC. The Hall–Kier alpha value is -2.17. The Morgan fingerprint density at radius 2 is 2.00 bits per heavy atom. The highest BCUT2D eigenvalue weighted by molar-refractivity contribution is 5.43. The van der Waals surface area contributed by atoms with Gasteiger partial charge in [0, 0.05) is 6.42 Å². The Balaban J connectivity index is 2.22. The van der Waals surface area contributed by atoms with Crippen LogP contribution >= 0.6 is 0 Å². The molecule has 0 saturated heterocycles. The van der Waals surface area contributed by atoms with E-state index in [2.05, 4.69) is 4.98 Å². The predicted octanol–water partition coefficient (Wildman–Crippen LogP) is 1.86. The average Bonchev–Trinajstić information content (AvgIpc) is 2.74. The molecule has 5 heteroatoms. The van der Waals surface area contributed by atoms with Crippen molar-refractivity contribution in [3.63, 3.8) is 0 Å². The lowest BCUT2D eigenvalue weighted by atomic mass is 10.1. The van der Waals surface area contributed by atoms with Gasteiger partial charge in [0.05, 0.1) is 19.9 Å². The molecule has 0 aliphatic carbocycles. The summed E-state index contributed by atoms with van der Waals surface area (Å²) in [5.41, 5.74) is 7.25. The predicted molar refractivity (Wildman–Crippen MR) is 63.3 cm³/mol. The van der Waals surface area contributed by atoms with E-state index in [1.165, 1.54) is 0 Å². The lowest BCUT2D eigenvalue weighted by Gasteiger charge is -2.08. The number of oxazole rings is 1. The summed E-state index contributed by atoms with van der Waals surface area (Å²) in [6.45, 7) is 0. The minimum Gasteiger partial charge on any atom is -0.493 e. The lowest BCUT2D eigenvalue weighted by Crippen LogP contribution is -1.94. The summed E-state index contributed by atoms with van der Waals surface area (Å²) >= 11 is 0. The lowest BCUT2D eigenvalue weighted by molar-refractivity contribution is 0.354. The van der Waals surface area contributed by atoms with E-state index in [9.17, 15) is 0 Å². The highest BCUT2D eigenvalue weighted by Gasteiger charge is 2.07. The summed E-state index contributed by atoms with van der Waals surface area (Å²) in [4.78, 5) is 4.04. The fraction of sp³-hybridized carbons (Fsp3) is 0.250. The second-order valence-corrected chi connectivity index (χ2v) is 3.54. The van der Waals surface area contributed by atoms with E-state index in [0.29, 0.717) is 17.9 Å². The molecule has 5 nitrogen and oxygen atoms in total. The smallest absolute Gasteiger partial charge is 0.292 e. The molecule has 1 aromatic carbocycles. The standard InChI is InChI=1S/C12H14N2O3/c1-15-10-4-3-8(6-11(10)16-2)5-9-7-17-12(13)14-9/h3-4,6-7H,5H2,1-2H3,(H2,13,14). The Morgan fingerprint density at radius 3 is 2.59 bits per heavy atom. The number of methoxy groups -OCH3 is 2. The van der Waals surface area contributed by atoms with Gasteiger partial charge >= 0.3 is 0 Å². The van der Waals surface area contributed by atoms with Crippen molar-refractivity contribution >= 4 is 6.01 Å². The van der Waals surface area contributed by atoms with E-state index in [1.54, 1.807) is 20.5 Å². The van der Waals surface area contributed by atoms with E-state index in [4.69, 9.17) is 19.6 Å². The van der Waals surface area contributed by atoms with E-state index < -0.39 is 0 Å². The monoisotopic (exact) mass is 234 g/mol. The zero-order valence-corrected chi connectivity index (χ0v) is 9.77. The number of nitrogens with zero attached hydrogens (tertiary/aromatic N) is 1. The number of benzene rings is 1. The molecule has 1 heterocycles. The third kappa shape index (κ3) is 2.50. The zero-order chi connectivity index (χ0) is 12.3. The van der Waals surface area contributed by atoms with Gasteiger partial charge in [-0.25, -0.2) is 0 Å². The highest BCUT2D eigenvalue weighted by atomic mass is 16.5. The van der Waals surface area contributed by atoms with Crippen molar-refractivity contribution in [2.45, 2.75) is 6.42 Å². The topological polar surface area (TPSA) is 70.5 Å². The number of nitrogens with two attached hydrogens (primary N) is 1. The van der Waals surface area contributed by atoms with Crippen LogP contribution in [0.25, 0.3) is 0 Å². The number of hydrogen-bond acceptors (Lipinski definition) is 5. The van der Waals surface area contributed by atoms with E-state index in [-0.39, 0.29) is 6.01 Å². The number of rotatable bonds is 4. The molecule has 0 saturated carbocycles. The summed E-state index contributed by atoms with van der Waals surface area (Å²) < 4.78 is 15.3. The largest absolute Gasteiger partial charge is 0.493 e. The maximum Gasteiger partial charge on any atom is 0.292 e. The molecule has 0 bridgehead atoms. The molecule has 0 radical (unpaired) electrons. The molecule has 2 N–H and O–H groups in total. The third-order valence-corrected chi connectivity index (χ3v) is 2.40. The number of anilines is 1. The van der Waals surface area contributed by atoms with Gasteiger partial charge < -0.3 is 19.6 Å². The van der Waals surface area contributed by atoms with Crippen LogP contribution in [0.3, 0.4) is 0 Å². The maximum atomic E-state index is 5.41. The Labute approximate surface area is 99.2 Å². The first-order chi connectivity index (χ1) is 8.22. The van der Waals surface area contributed by atoms with Crippen LogP contribution in [0.1, 0.15) is 11.3 Å². The molecule has 1 aromatic heterocycles. The quantitative estimate of drug-likeness (QED) is 0.874. The van der Waals surface area contributed by atoms with Crippen molar-refractivity contribution < 1.29 is 13.9 Å². The van der Waals surface area contributed by atoms with Gasteiger partial charge in [-0.1, -0.05) is 6.07 Å². The summed E-state index contributed by atoms with van der Waals surface area (Å²) in [5, 5.41) is 0. The van der Waals surface area contributed by atoms with Crippen LogP contribution in [-0.2, 0) is 6.42 Å². The number of ether oxygens (including phenoxy) is 2. The Morgan fingerprint density at radius 1 is 1.24 bits per heavy atom. The van der Waals surface area contributed by atoms with Gasteiger partial charge in [0.25, 0.3) is 6.01 Å². The van der Waals surface area contributed by atoms with Crippen LogP contribution in [0.15, 0.2) is 28.9 Å². The van der Waals surface area contributed by atoms with Gasteiger partial charge in [-0.15, -0.1) is 0 Å². The summed E-state index contributed by atoms with van der Waals surface area (Å²) in [7, 11) is 3.21. The molecular formula is C12H14N2O3. The number of aromatic nitrogens is 1. The fourth-order valence-electron chi connectivity index (χ4n) is 1.60. The Bertz CT molecular complexity index is 508. The molecule has 90 valence electrons. The van der Waals surface area contributed by atoms with Crippen molar-refractivity contribution in [2.24, 2.45) is 0 Å². The molecular weight excluding hydrogens is 220 g/mol. The molecule has 2 aromatic rings. The van der Waals surface area contributed by atoms with Gasteiger partial charge in [-0.05, 0) is 17.7 Å². The number of hydrogen-bond donors (Lipinski definition) is 1. The summed E-state index contributed by atoms with van der Waals surface area (Å²) in [6, 6.07) is 5.90. The van der Waals surface area contributed by atoms with Crippen LogP contribution in [-0.4, -0.2) is 19.2 Å². The first-order valence-corrected chi connectivity index (χ1v) is 5.13. The van der Waals surface area contributed by atoms with Crippen LogP contribution in [0, 0.1) is 0 Å². The summed E-state index contributed by atoms with van der Waals surface area (Å²) in [6.07, 6.45) is 2.19. The minimum absolute atomic E-state index is 0.181. The van der Waals surface area contributed by atoms with Crippen molar-refractivity contribution in [2.75, 3.05) is 20.0 Å². The third-order valence-electron chi connectivity index (χ3n) is 2.40. The molecule has 0 unspecified atom stereocenters.